The molecule has 196 valence electrons. The van der Waals surface area contributed by atoms with Gasteiger partial charge in [-0.1, -0.05) is 6.42 Å². The van der Waals surface area contributed by atoms with Crippen LogP contribution in [0.15, 0.2) is 0 Å². The number of esters is 1. The van der Waals surface area contributed by atoms with E-state index in [1.807, 2.05) is 39.5 Å². The molecule has 1 amide bonds. The summed E-state index contributed by atoms with van der Waals surface area (Å²) in [5, 5.41) is 0. The summed E-state index contributed by atoms with van der Waals surface area (Å²) in [7, 11) is 0. The van der Waals surface area contributed by atoms with E-state index in [2.05, 4.69) is 4.90 Å². The molecule has 0 aromatic carbocycles. The maximum Gasteiger partial charge on any atom is 0.410 e. The molecule has 34 heavy (non-hydrogen) atoms. The molecule has 0 aromatic rings. The Morgan fingerprint density at radius 2 is 1.59 bits per heavy atom. The summed E-state index contributed by atoms with van der Waals surface area (Å²) in [6.07, 6.45) is 6.56. The third-order valence-electron chi connectivity index (χ3n) is 7.19. The number of rotatable bonds is 8. The SMILES string of the molecule is CCOC(=O)[C@H]1CC[C@H](OC[C@@H]2[C@@H](OCC)[C@H](N3CCCCC3)CN2C(=O)OC(C)(C)C)CC1. The lowest BCUT2D eigenvalue weighted by Crippen LogP contribution is -2.49. The average Bonchev–Trinajstić information content (AvgIpc) is 3.16. The number of amides is 1. The van der Waals surface area contributed by atoms with Crippen LogP contribution in [0.3, 0.4) is 0 Å². The topological polar surface area (TPSA) is 77.5 Å². The van der Waals surface area contributed by atoms with Crippen molar-refractivity contribution in [2.24, 2.45) is 5.92 Å². The zero-order valence-electron chi connectivity index (χ0n) is 21.9. The van der Waals surface area contributed by atoms with Gasteiger partial charge in [-0.3, -0.25) is 14.6 Å². The van der Waals surface area contributed by atoms with Crippen molar-refractivity contribution in [2.45, 2.75) is 109 Å². The molecule has 0 aromatic heterocycles. The van der Waals surface area contributed by atoms with Gasteiger partial charge in [0.25, 0.3) is 0 Å². The largest absolute Gasteiger partial charge is 0.466 e. The molecule has 0 N–H and O–H groups in total. The van der Waals surface area contributed by atoms with Gasteiger partial charge in [-0.25, -0.2) is 4.79 Å². The summed E-state index contributed by atoms with van der Waals surface area (Å²) in [6, 6.07) is -0.0366. The van der Waals surface area contributed by atoms with Crippen LogP contribution in [0.1, 0.15) is 79.6 Å². The lowest BCUT2D eigenvalue weighted by molar-refractivity contribution is -0.150. The van der Waals surface area contributed by atoms with E-state index in [-0.39, 0.29) is 42.3 Å². The highest BCUT2D eigenvalue weighted by Crippen LogP contribution is 2.32. The lowest BCUT2D eigenvalue weighted by atomic mass is 9.87. The molecular formula is C26H46N2O6. The van der Waals surface area contributed by atoms with E-state index in [1.165, 1.54) is 19.3 Å². The van der Waals surface area contributed by atoms with Crippen molar-refractivity contribution in [3.63, 3.8) is 0 Å². The first kappa shape index (κ1) is 27.2. The highest BCUT2D eigenvalue weighted by molar-refractivity contribution is 5.72. The Kier molecular flexibility index (Phi) is 10.0. The summed E-state index contributed by atoms with van der Waals surface area (Å²) in [6.45, 7) is 13.7. The van der Waals surface area contributed by atoms with Crippen LogP contribution in [-0.2, 0) is 23.7 Å². The number of piperidine rings is 1. The van der Waals surface area contributed by atoms with E-state index < -0.39 is 5.60 Å². The predicted molar refractivity (Wildman–Crippen MR) is 130 cm³/mol. The van der Waals surface area contributed by atoms with Gasteiger partial charge < -0.3 is 18.9 Å². The molecule has 2 heterocycles. The molecule has 3 fully saturated rings. The number of likely N-dealkylation sites (tertiary alicyclic amines) is 2. The van der Waals surface area contributed by atoms with Crippen molar-refractivity contribution in [1.29, 1.82) is 0 Å². The number of ether oxygens (including phenoxy) is 4. The molecule has 0 bridgehead atoms. The van der Waals surface area contributed by atoms with E-state index in [9.17, 15) is 9.59 Å². The van der Waals surface area contributed by atoms with Gasteiger partial charge in [0, 0.05) is 13.2 Å². The van der Waals surface area contributed by atoms with Crippen molar-refractivity contribution < 1.29 is 28.5 Å². The molecule has 1 saturated carbocycles. The standard InChI is InChI=1S/C26H46N2O6/c1-6-31-23-21(27-15-9-8-10-16-27)17-28(25(30)34-26(3,4)5)22(23)18-33-20-13-11-19(12-14-20)24(29)32-7-2/h19-23H,6-18H2,1-5H3/t19-,20-,21-,22-,23+/m1/s1. The third kappa shape index (κ3) is 7.31. The fourth-order valence-corrected chi connectivity index (χ4v) is 5.54. The Morgan fingerprint density at radius 3 is 2.18 bits per heavy atom. The first-order chi connectivity index (χ1) is 16.2. The zero-order chi connectivity index (χ0) is 24.7. The summed E-state index contributed by atoms with van der Waals surface area (Å²) in [5.41, 5.74) is -0.557. The quantitative estimate of drug-likeness (QED) is 0.484. The lowest BCUT2D eigenvalue weighted by Gasteiger charge is -2.36. The second kappa shape index (κ2) is 12.5. The summed E-state index contributed by atoms with van der Waals surface area (Å²) in [5.74, 6) is -0.113. The van der Waals surface area contributed by atoms with E-state index in [0.717, 1.165) is 38.8 Å². The van der Waals surface area contributed by atoms with Crippen LogP contribution in [-0.4, -0.2) is 91.2 Å². The molecule has 2 aliphatic heterocycles. The van der Waals surface area contributed by atoms with Crippen LogP contribution in [0, 0.1) is 5.92 Å². The highest BCUT2D eigenvalue weighted by atomic mass is 16.6. The van der Waals surface area contributed by atoms with E-state index >= 15 is 0 Å². The first-order valence-electron chi connectivity index (χ1n) is 13.4. The molecule has 8 heteroatoms. The van der Waals surface area contributed by atoms with Crippen molar-refractivity contribution in [2.75, 3.05) is 39.5 Å². The van der Waals surface area contributed by atoms with Gasteiger partial charge in [-0.05, 0) is 86.2 Å². The van der Waals surface area contributed by atoms with Gasteiger partial charge in [0.05, 0.1) is 43.4 Å². The second-order valence-electron chi connectivity index (χ2n) is 10.8. The predicted octanol–water partition coefficient (Wildman–Crippen LogP) is 4.00. The summed E-state index contributed by atoms with van der Waals surface area (Å²) >= 11 is 0. The molecule has 3 aliphatic rings. The van der Waals surface area contributed by atoms with Gasteiger partial charge in [0.2, 0.25) is 0 Å². The van der Waals surface area contributed by atoms with Gasteiger partial charge >= 0.3 is 12.1 Å². The van der Waals surface area contributed by atoms with Crippen LogP contribution >= 0.6 is 0 Å². The van der Waals surface area contributed by atoms with E-state index in [0.29, 0.717) is 26.4 Å². The maximum atomic E-state index is 13.2. The Morgan fingerprint density at radius 1 is 0.912 bits per heavy atom. The normalized spacial score (nSPS) is 30.9. The first-order valence-corrected chi connectivity index (χ1v) is 13.4. The van der Waals surface area contributed by atoms with Gasteiger partial charge in [0.1, 0.15) is 5.60 Å². The number of carbonyl (C=O) groups is 2. The molecule has 0 unspecified atom stereocenters. The van der Waals surface area contributed by atoms with Gasteiger partial charge in [0.15, 0.2) is 0 Å². The Balaban J connectivity index is 1.67. The number of hydrogen-bond acceptors (Lipinski definition) is 7. The number of nitrogens with zero attached hydrogens (tertiary/aromatic N) is 2. The molecule has 3 rings (SSSR count). The summed E-state index contributed by atoms with van der Waals surface area (Å²) < 4.78 is 23.6. The second-order valence-corrected chi connectivity index (χ2v) is 10.8. The molecule has 3 atom stereocenters. The fraction of sp³-hybridized carbons (Fsp3) is 0.923. The van der Waals surface area contributed by atoms with Crippen LogP contribution in [0.4, 0.5) is 4.79 Å². The zero-order valence-corrected chi connectivity index (χ0v) is 21.9. The van der Waals surface area contributed by atoms with Crippen LogP contribution in [0.5, 0.6) is 0 Å². The number of carbonyl (C=O) groups excluding carboxylic acids is 2. The minimum atomic E-state index is -0.557. The number of hydrogen-bond donors (Lipinski definition) is 0. The Bertz CT molecular complexity index is 652. The van der Waals surface area contributed by atoms with Crippen LogP contribution in [0.25, 0.3) is 0 Å². The third-order valence-corrected chi connectivity index (χ3v) is 7.19. The highest BCUT2D eigenvalue weighted by Gasteiger charge is 2.48. The van der Waals surface area contributed by atoms with E-state index in [1.54, 1.807) is 0 Å². The molecular weight excluding hydrogens is 436 g/mol. The molecule has 1 aliphatic carbocycles. The molecule has 0 spiro atoms. The van der Waals surface area contributed by atoms with Crippen molar-refractivity contribution in [3.8, 4) is 0 Å². The van der Waals surface area contributed by atoms with Gasteiger partial charge in [-0.2, -0.15) is 0 Å². The van der Waals surface area contributed by atoms with Crippen molar-refractivity contribution in [3.05, 3.63) is 0 Å². The van der Waals surface area contributed by atoms with Crippen LogP contribution < -0.4 is 0 Å². The van der Waals surface area contributed by atoms with Crippen molar-refractivity contribution >= 4 is 12.1 Å². The van der Waals surface area contributed by atoms with E-state index in [4.69, 9.17) is 18.9 Å². The monoisotopic (exact) mass is 482 g/mol. The summed E-state index contributed by atoms with van der Waals surface area (Å²) in [4.78, 5) is 29.6. The van der Waals surface area contributed by atoms with Gasteiger partial charge in [-0.15, -0.1) is 0 Å². The maximum absolute atomic E-state index is 13.2. The molecule has 0 radical (unpaired) electrons. The minimum Gasteiger partial charge on any atom is -0.466 e. The molecule has 8 nitrogen and oxygen atoms in total. The average molecular weight is 483 g/mol. The smallest absolute Gasteiger partial charge is 0.410 e. The fourth-order valence-electron chi connectivity index (χ4n) is 5.54. The Labute approximate surface area is 205 Å². The molecule has 2 saturated heterocycles. The minimum absolute atomic E-state index is 0.0239. The Hall–Kier alpha value is -1.38. The van der Waals surface area contributed by atoms with Crippen molar-refractivity contribution in [1.82, 2.24) is 9.80 Å². The van der Waals surface area contributed by atoms with Crippen LogP contribution in [0.2, 0.25) is 0 Å².